The van der Waals surface area contributed by atoms with E-state index in [9.17, 15) is 5.11 Å². The normalized spacial score (nSPS) is 16.5. The maximum absolute atomic E-state index is 10.3. The first-order valence-electron chi connectivity index (χ1n) is 8.44. The van der Waals surface area contributed by atoms with Gasteiger partial charge in [0.05, 0.1) is 7.11 Å². The third-order valence-corrected chi connectivity index (χ3v) is 4.18. The van der Waals surface area contributed by atoms with E-state index in [4.69, 9.17) is 9.47 Å². The van der Waals surface area contributed by atoms with E-state index in [1.165, 1.54) is 0 Å². The molecule has 7 heteroatoms. The summed E-state index contributed by atoms with van der Waals surface area (Å²) >= 11 is 0. The molecule has 1 aliphatic heterocycles. The average molecular weight is 344 g/mol. The lowest BCUT2D eigenvalue weighted by atomic mass is 10.2. The van der Waals surface area contributed by atoms with Gasteiger partial charge in [0, 0.05) is 45.1 Å². The molecule has 2 aromatic rings. The molecule has 0 radical (unpaired) electrons. The molecule has 0 aliphatic carbocycles. The minimum Gasteiger partial charge on any atom is -0.493 e. The lowest BCUT2D eigenvalue weighted by Crippen LogP contribution is -2.49. The van der Waals surface area contributed by atoms with Gasteiger partial charge >= 0.3 is 0 Å². The summed E-state index contributed by atoms with van der Waals surface area (Å²) in [4.78, 5) is 13.0. The van der Waals surface area contributed by atoms with Gasteiger partial charge in [0.2, 0.25) is 5.95 Å². The van der Waals surface area contributed by atoms with Gasteiger partial charge in [0.1, 0.15) is 12.7 Å². The summed E-state index contributed by atoms with van der Waals surface area (Å²) in [7, 11) is 1.61. The number of hydrogen-bond donors (Lipinski definition) is 1. The van der Waals surface area contributed by atoms with Crippen LogP contribution in [0.15, 0.2) is 42.7 Å². The molecule has 1 unspecified atom stereocenters. The molecule has 7 nitrogen and oxygen atoms in total. The van der Waals surface area contributed by atoms with Gasteiger partial charge in [-0.1, -0.05) is 12.1 Å². The number of β-amino-alcohol motifs (C(OH)–C–C–N with tert-alkyl or cyclic N) is 1. The Labute approximate surface area is 147 Å². The number of aliphatic hydroxyl groups is 1. The Morgan fingerprint density at radius 3 is 2.40 bits per heavy atom. The maximum atomic E-state index is 10.3. The molecule has 134 valence electrons. The van der Waals surface area contributed by atoms with Gasteiger partial charge in [-0.3, -0.25) is 4.90 Å². The monoisotopic (exact) mass is 344 g/mol. The van der Waals surface area contributed by atoms with Crippen LogP contribution in [0.5, 0.6) is 11.5 Å². The molecular formula is C18H24N4O3. The topological polar surface area (TPSA) is 71.0 Å². The second-order valence-corrected chi connectivity index (χ2v) is 5.95. The first kappa shape index (κ1) is 17.4. The van der Waals surface area contributed by atoms with E-state index in [0.717, 1.165) is 32.1 Å². The number of ether oxygens (including phenoxy) is 2. The first-order valence-corrected chi connectivity index (χ1v) is 8.44. The molecule has 0 spiro atoms. The van der Waals surface area contributed by atoms with Crippen LogP contribution in [-0.2, 0) is 0 Å². The number of nitrogens with zero attached hydrogens (tertiary/aromatic N) is 4. The number of aliphatic hydroxyl groups excluding tert-OH is 1. The van der Waals surface area contributed by atoms with Crippen LogP contribution < -0.4 is 14.4 Å². The van der Waals surface area contributed by atoms with Crippen molar-refractivity contribution in [1.82, 2.24) is 14.9 Å². The van der Waals surface area contributed by atoms with Gasteiger partial charge < -0.3 is 19.5 Å². The van der Waals surface area contributed by atoms with E-state index in [0.29, 0.717) is 18.0 Å². The molecule has 1 saturated heterocycles. The Bertz CT molecular complexity index is 648. The third kappa shape index (κ3) is 4.80. The van der Waals surface area contributed by atoms with E-state index in [2.05, 4.69) is 19.8 Å². The zero-order chi connectivity index (χ0) is 17.5. The largest absolute Gasteiger partial charge is 0.493 e. The molecule has 25 heavy (non-hydrogen) atoms. The number of hydrogen-bond acceptors (Lipinski definition) is 7. The Kier molecular flexibility index (Phi) is 6.03. The second kappa shape index (κ2) is 8.64. The summed E-state index contributed by atoms with van der Waals surface area (Å²) < 4.78 is 10.9. The summed E-state index contributed by atoms with van der Waals surface area (Å²) in [5, 5.41) is 10.3. The van der Waals surface area contributed by atoms with Crippen LogP contribution in [0.4, 0.5) is 5.95 Å². The van der Waals surface area contributed by atoms with Crippen molar-refractivity contribution in [3.05, 3.63) is 42.7 Å². The molecule has 2 heterocycles. The number of methoxy groups -OCH3 is 1. The number of benzene rings is 1. The molecule has 1 atom stereocenters. The van der Waals surface area contributed by atoms with Crippen LogP contribution in [0.25, 0.3) is 0 Å². The van der Waals surface area contributed by atoms with Crippen LogP contribution in [-0.4, -0.2) is 72.5 Å². The minimum absolute atomic E-state index is 0.238. The van der Waals surface area contributed by atoms with Crippen LogP contribution in [0, 0.1) is 0 Å². The first-order chi connectivity index (χ1) is 12.3. The fourth-order valence-electron chi connectivity index (χ4n) is 2.86. The van der Waals surface area contributed by atoms with Crippen molar-refractivity contribution in [3.8, 4) is 11.5 Å². The molecule has 0 bridgehead atoms. The maximum Gasteiger partial charge on any atom is 0.225 e. The van der Waals surface area contributed by atoms with E-state index in [1.807, 2.05) is 30.3 Å². The predicted molar refractivity (Wildman–Crippen MR) is 95.2 cm³/mol. The third-order valence-electron chi connectivity index (χ3n) is 4.18. The zero-order valence-corrected chi connectivity index (χ0v) is 14.4. The smallest absolute Gasteiger partial charge is 0.225 e. The fraction of sp³-hybridized carbons (Fsp3) is 0.444. The van der Waals surface area contributed by atoms with Gasteiger partial charge in [-0.05, 0) is 18.2 Å². The molecular weight excluding hydrogens is 320 g/mol. The zero-order valence-electron chi connectivity index (χ0n) is 14.4. The lowest BCUT2D eigenvalue weighted by Gasteiger charge is -2.35. The quantitative estimate of drug-likeness (QED) is 0.805. The highest BCUT2D eigenvalue weighted by Crippen LogP contribution is 2.25. The summed E-state index contributed by atoms with van der Waals surface area (Å²) in [6.07, 6.45) is 2.96. The fourth-order valence-corrected chi connectivity index (χ4v) is 2.86. The second-order valence-electron chi connectivity index (χ2n) is 5.95. The molecule has 1 aromatic carbocycles. The van der Waals surface area contributed by atoms with Gasteiger partial charge in [-0.25, -0.2) is 9.97 Å². The van der Waals surface area contributed by atoms with Crippen molar-refractivity contribution in [2.75, 3.05) is 51.3 Å². The lowest BCUT2D eigenvalue weighted by molar-refractivity contribution is 0.0652. The number of anilines is 1. The molecule has 1 N–H and O–H groups in total. The highest BCUT2D eigenvalue weighted by molar-refractivity contribution is 5.39. The Morgan fingerprint density at radius 1 is 1.04 bits per heavy atom. The molecule has 1 aliphatic rings. The van der Waals surface area contributed by atoms with E-state index >= 15 is 0 Å². The highest BCUT2D eigenvalue weighted by atomic mass is 16.5. The van der Waals surface area contributed by atoms with Crippen LogP contribution in [0.3, 0.4) is 0 Å². The number of piperazine rings is 1. The highest BCUT2D eigenvalue weighted by Gasteiger charge is 2.21. The number of para-hydroxylation sites is 2. The molecule has 0 amide bonds. The summed E-state index contributed by atoms with van der Waals surface area (Å²) in [5.74, 6) is 2.09. The van der Waals surface area contributed by atoms with E-state index < -0.39 is 6.10 Å². The van der Waals surface area contributed by atoms with Gasteiger partial charge in [-0.15, -0.1) is 0 Å². The molecule has 1 fully saturated rings. The standard InChI is InChI=1S/C18H24N4O3/c1-24-16-5-2-3-6-17(16)25-14-15(23)13-21-9-11-22(12-10-21)18-19-7-4-8-20-18/h2-8,15,23H,9-14H2,1H3. The van der Waals surface area contributed by atoms with E-state index in [-0.39, 0.29) is 6.61 Å². The van der Waals surface area contributed by atoms with Gasteiger partial charge in [0.15, 0.2) is 11.5 Å². The Hall–Kier alpha value is -2.38. The van der Waals surface area contributed by atoms with Crippen molar-refractivity contribution >= 4 is 5.95 Å². The Morgan fingerprint density at radius 2 is 1.72 bits per heavy atom. The summed E-state index contributed by atoms with van der Waals surface area (Å²) in [6.45, 7) is 4.25. The SMILES string of the molecule is COc1ccccc1OCC(O)CN1CCN(c2ncccn2)CC1. The van der Waals surface area contributed by atoms with Crippen molar-refractivity contribution in [2.24, 2.45) is 0 Å². The Balaban J connectivity index is 1.43. The molecule has 1 aromatic heterocycles. The summed E-state index contributed by atoms with van der Waals surface area (Å²) in [5.41, 5.74) is 0. The predicted octanol–water partition coefficient (Wildman–Crippen LogP) is 1.05. The number of aromatic nitrogens is 2. The number of rotatable bonds is 7. The average Bonchev–Trinajstić information content (AvgIpc) is 2.68. The van der Waals surface area contributed by atoms with Crippen LogP contribution in [0.2, 0.25) is 0 Å². The van der Waals surface area contributed by atoms with Crippen molar-refractivity contribution < 1.29 is 14.6 Å². The summed E-state index contributed by atoms with van der Waals surface area (Å²) in [6, 6.07) is 9.27. The van der Waals surface area contributed by atoms with Crippen molar-refractivity contribution in [1.29, 1.82) is 0 Å². The van der Waals surface area contributed by atoms with Crippen molar-refractivity contribution in [2.45, 2.75) is 6.10 Å². The van der Waals surface area contributed by atoms with E-state index in [1.54, 1.807) is 19.5 Å². The van der Waals surface area contributed by atoms with Crippen LogP contribution >= 0.6 is 0 Å². The van der Waals surface area contributed by atoms with Gasteiger partial charge in [0.25, 0.3) is 0 Å². The van der Waals surface area contributed by atoms with Crippen LogP contribution in [0.1, 0.15) is 0 Å². The minimum atomic E-state index is -0.551. The molecule has 3 rings (SSSR count). The molecule has 0 saturated carbocycles. The van der Waals surface area contributed by atoms with Gasteiger partial charge in [-0.2, -0.15) is 0 Å². The van der Waals surface area contributed by atoms with Crippen molar-refractivity contribution in [3.63, 3.8) is 0 Å².